The number of ether oxygens (including phenoxy) is 3. The molecular formula is C33H40N4O6. The monoisotopic (exact) mass is 588 g/mol. The molecule has 4 rings (SSSR count). The van der Waals surface area contributed by atoms with E-state index in [9.17, 15) is 14.4 Å². The van der Waals surface area contributed by atoms with Crippen LogP contribution in [0, 0.1) is 12.8 Å². The minimum atomic E-state index is -0.710. The van der Waals surface area contributed by atoms with Crippen molar-refractivity contribution >= 4 is 23.3 Å². The average Bonchev–Trinajstić information content (AvgIpc) is 3.23. The fraction of sp³-hybridized carbons (Fsp3) is 0.394. The van der Waals surface area contributed by atoms with Crippen LogP contribution in [0.3, 0.4) is 0 Å². The first-order chi connectivity index (χ1) is 20.6. The van der Waals surface area contributed by atoms with Crippen LogP contribution in [-0.2, 0) is 16.0 Å². The van der Waals surface area contributed by atoms with Crippen LogP contribution in [-0.4, -0.2) is 44.2 Å². The van der Waals surface area contributed by atoms with Crippen LogP contribution >= 0.6 is 0 Å². The summed E-state index contributed by atoms with van der Waals surface area (Å²) in [6, 6.07) is 9.50. The summed E-state index contributed by atoms with van der Waals surface area (Å²) in [5.74, 6) is 1.30. The van der Waals surface area contributed by atoms with E-state index in [1.807, 2.05) is 39.0 Å². The molecule has 0 saturated heterocycles. The molecule has 1 aromatic heterocycles. The summed E-state index contributed by atoms with van der Waals surface area (Å²) < 4.78 is 17.1. The summed E-state index contributed by atoms with van der Waals surface area (Å²) in [6.45, 7) is 7.28. The van der Waals surface area contributed by atoms with Crippen molar-refractivity contribution in [2.45, 2.75) is 59.0 Å². The molecule has 1 heterocycles. The van der Waals surface area contributed by atoms with E-state index < -0.39 is 12.1 Å². The van der Waals surface area contributed by atoms with Crippen molar-refractivity contribution in [1.82, 2.24) is 10.3 Å². The zero-order chi connectivity index (χ0) is 31.3. The van der Waals surface area contributed by atoms with E-state index in [0.29, 0.717) is 53.5 Å². The Kier molecular flexibility index (Phi) is 9.90. The number of nitrogens with one attached hydrogen (secondary N) is 3. The van der Waals surface area contributed by atoms with Crippen molar-refractivity contribution in [3.8, 4) is 28.4 Å². The van der Waals surface area contributed by atoms with Gasteiger partial charge in [0.05, 0.1) is 33.1 Å². The van der Waals surface area contributed by atoms with Gasteiger partial charge in [-0.05, 0) is 72.2 Å². The fourth-order valence-electron chi connectivity index (χ4n) is 5.51. The molecule has 2 amide bonds. The van der Waals surface area contributed by atoms with Crippen molar-refractivity contribution in [3.05, 3.63) is 69.5 Å². The molecule has 10 nitrogen and oxygen atoms in total. The lowest BCUT2D eigenvalue weighted by Gasteiger charge is -2.24. The topological polar surface area (TPSA) is 128 Å². The van der Waals surface area contributed by atoms with Gasteiger partial charge in [-0.3, -0.25) is 14.4 Å². The van der Waals surface area contributed by atoms with E-state index in [4.69, 9.17) is 14.2 Å². The third kappa shape index (κ3) is 6.58. The summed E-state index contributed by atoms with van der Waals surface area (Å²) >= 11 is 0. The summed E-state index contributed by atoms with van der Waals surface area (Å²) in [5, 5.41) is 9.16. The molecule has 0 spiro atoms. The molecule has 3 aromatic rings. The molecule has 1 aliphatic carbocycles. The number of hydrogen-bond donors (Lipinski definition) is 3. The molecule has 0 fully saturated rings. The molecular weight excluding hydrogens is 548 g/mol. The first-order valence-electron chi connectivity index (χ1n) is 14.4. The normalized spacial score (nSPS) is 15.1. The Morgan fingerprint density at radius 3 is 2.44 bits per heavy atom. The molecule has 43 heavy (non-hydrogen) atoms. The van der Waals surface area contributed by atoms with Crippen LogP contribution < -0.4 is 35.6 Å². The molecule has 3 atom stereocenters. The van der Waals surface area contributed by atoms with Gasteiger partial charge in [-0.1, -0.05) is 32.4 Å². The van der Waals surface area contributed by atoms with Crippen molar-refractivity contribution in [2.75, 3.05) is 32.0 Å². The number of hydrogen-bond acceptors (Lipinski definition) is 8. The quantitative estimate of drug-likeness (QED) is 0.301. The third-order valence-electron chi connectivity index (χ3n) is 7.97. The van der Waals surface area contributed by atoms with Gasteiger partial charge in [-0.15, -0.1) is 0 Å². The molecule has 0 aliphatic heterocycles. The number of carbonyl (C=O) groups excluding carboxylic acids is 2. The largest absolute Gasteiger partial charge is 0.493 e. The highest BCUT2D eigenvalue weighted by atomic mass is 16.5. The van der Waals surface area contributed by atoms with Crippen LogP contribution in [0.25, 0.3) is 11.1 Å². The molecule has 3 N–H and O–H groups in total. The number of amides is 2. The van der Waals surface area contributed by atoms with Gasteiger partial charge in [0.25, 0.3) is 0 Å². The summed E-state index contributed by atoms with van der Waals surface area (Å²) in [4.78, 5) is 43.9. The first kappa shape index (κ1) is 31.3. The Morgan fingerprint density at radius 1 is 1.07 bits per heavy atom. The maximum Gasteiger partial charge on any atom is 0.248 e. The number of carbonyl (C=O) groups is 2. The van der Waals surface area contributed by atoms with Gasteiger partial charge >= 0.3 is 0 Å². The van der Waals surface area contributed by atoms with Crippen LogP contribution in [0.15, 0.2) is 47.4 Å². The maximum absolute atomic E-state index is 13.8. The third-order valence-corrected chi connectivity index (χ3v) is 7.97. The van der Waals surface area contributed by atoms with Gasteiger partial charge in [0.15, 0.2) is 11.5 Å². The number of aryl methyl sites for hydroxylation is 2. The van der Waals surface area contributed by atoms with Crippen molar-refractivity contribution in [2.24, 2.45) is 5.92 Å². The standard InChI is InChI=1S/C33H40N4O6/c1-8-18(2)29(33(40)37-32-19(3)10-9-15-34-32)36-25-14-12-22-23(17-26(25)39)24(35-20(4)38)13-11-21-16-27(41-5)30(42-6)31(43-7)28(21)22/h9-10,12,14-18,24,29H,8,11,13H2,1-7H3,(H,35,38)(H,36,39)(H,34,37,40)/t18-,24+,29+/m0/s1. The van der Waals surface area contributed by atoms with Gasteiger partial charge in [-0.2, -0.15) is 0 Å². The molecule has 0 unspecified atom stereocenters. The predicted molar refractivity (Wildman–Crippen MR) is 167 cm³/mol. The fourth-order valence-corrected chi connectivity index (χ4v) is 5.51. The number of benzene rings is 1. The molecule has 0 saturated carbocycles. The number of nitrogens with zero attached hydrogens (tertiary/aromatic N) is 1. The first-order valence-corrected chi connectivity index (χ1v) is 14.4. The average molecular weight is 589 g/mol. The smallest absolute Gasteiger partial charge is 0.248 e. The van der Waals surface area contributed by atoms with Gasteiger partial charge < -0.3 is 30.2 Å². The Hall–Kier alpha value is -4.60. The van der Waals surface area contributed by atoms with Gasteiger partial charge in [0.2, 0.25) is 23.0 Å². The second kappa shape index (κ2) is 13.6. The van der Waals surface area contributed by atoms with E-state index in [1.165, 1.54) is 13.0 Å². The van der Waals surface area contributed by atoms with Crippen LogP contribution in [0.4, 0.5) is 11.5 Å². The second-order valence-electron chi connectivity index (χ2n) is 10.8. The zero-order valence-electron chi connectivity index (χ0n) is 25.8. The van der Waals surface area contributed by atoms with E-state index in [2.05, 4.69) is 20.9 Å². The number of anilines is 2. The van der Waals surface area contributed by atoms with Gasteiger partial charge in [0, 0.05) is 18.7 Å². The van der Waals surface area contributed by atoms with Crippen molar-refractivity contribution in [1.29, 1.82) is 0 Å². The number of fused-ring (bicyclic) bond motifs is 3. The Morgan fingerprint density at radius 2 is 1.81 bits per heavy atom. The highest BCUT2D eigenvalue weighted by Gasteiger charge is 2.30. The van der Waals surface area contributed by atoms with Gasteiger partial charge in [0.1, 0.15) is 11.9 Å². The van der Waals surface area contributed by atoms with Crippen molar-refractivity contribution < 1.29 is 23.8 Å². The number of pyridine rings is 1. The lowest BCUT2D eigenvalue weighted by atomic mass is 9.95. The summed E-state index contributed by atoms with van der Waals surface area (Å²) in [5.41, 5.74) is 3.82. The van der Waals surface area contributed by atoms with E-state index >= 15 is 0 Å². The molecule has 2 aromatic carbocycles. The second-order valence-corrected chi connectivity index (χ2v) is 10.8. The van der Waals surface area contributed by atoms with Crippen molar-refractivity contribution in [3.63, 3.8) is 0 Å². The van der Waals surface area contributed by atoms with Crippen LogP contribution in [0.1, 0.15) is 56.3 Å². The minimum Gasteiger partial charge on any atom is -0.493 e. The molecule has 1 aliphatic rings. The number of methoxy groups -OCH3 is 3. The Labute approximate surface area is 252 Å². The van der Waals surface area contributed by atoms with Crippen LogP contribution in [0.5, 0.6) is 17.2 Å². The van der Waals surface area contributed by atoms with E-state index in [1.54, 1.807) is 39.7 Å². The number of aromatic nitrogens is 1. The summed E-state index contributed by atoms with van der Waals surface area (Å²) in [6.07, 6.45) is 3.47. The van der Waals surface area contributed by atoms with E-state index in [0.717, 1.165) is 16.7 Å². The highest BCUT2D eigenvalue weighted by Crippen LogP contribution is 2.50. The Balaban J connectivity index is 1.87. The summed E-state index contributed by atoms with van der Waals surface area (Å²) in [7, 11) is 4.66. The number of rotatable bonds is 10. The molecule has 10 heteroatoms. The SMILES string of the molecule is CC[C@H](C)[C@@H](Nc1ccc2c(cc1=O)[C@H](NC(C)=O)CCc1cc(OC)c(OC)c(OC)c1-2)C(=O)Nc1ncccc1C. The lowest BCUT2D eigenvalue weighted by Crippen LogP contribution is -2.41. The maximum atomic E-state index is 13.8. The predicted octanol–water partition coefficient (Wildman–Crippen LogP) is 5.03. The van der Waals surface area contributed by atoms with Crippen LogP contribution in [0.2, 0.25) is 0 Å². The van der Waals surface area contributed by atoms with E-state index in [-0.39, 0.29) is 28.8 Å². The van der Waals surface area contributed by atoms with Gasteiger partial charge in [-0.25, -0.2) is 4.98 Å². The molecule has 228 valence electrons. The molecule has 0 bridgehead atoms. The zero-order valence-corrected chi connectivity index (χ0v) is 25.8. The lowest BCUT2D eigenvalue weighted by molar-refractivity contribution is -0.120. The molecule has 0 radical (unpaired) electrons. The Bertz CT molecular complexity index is 1570. The minimum absolute atomic E-state index is 0.101. The highest BCUT2D eigenvalue weighted by molar-refractivity contribution is 5.96.